The van der Waals surface area contributed by atoms with Crippen LogP contribution in [0.25, 0.3) is 0 Å². The molecular weight excluding hydrogens is 249 g/mol. The lowest BCUT2D eigenvalue weighted by Crippen LogP contribution is -2.42. The smallest absolute Gasteiger partial charge is 0.410 e. The Morgan fingerprint density at radius 2 is 1.55 bits per heavy atom. The van der Waals surface area contributed by atoms with Gasteiger partial charge in [0.05, 0.1) is 0 Å². The minimum Gasteiger partial charge on any atom is -0.444 e. The Labute approximate surface area is 125 Å². The molecule has 2 rings (SSSR count). The van der Waals surface area contributed by atoms with Gasteiger partial charge < -0.3 is 14.7 Å². The fourth-order valence-electron chi connectivity index (χ4n) is 4.15. The predicted molar refractivity (Wildman–Crippen MR) is 90.4 cm³/mol. The van der Waals surface area contributed by atoms with Gasteiger partial charge in [0, 0.05) is 19.2 Å². The quantitative estimate of drug-likeness (QED) is 0.502. The largest absolute Gasteiger partial charge is 0.444 e. The van der Waals surface area contributed by atoms with Crippen LogP contribution in [0.5, 0.6) is 0 Å². The first kappa shape index (κ1) is 15.9. The number of fused-ring (bicyclic) bond motifs is 1. The number of hydrogen-bond donors (Lipinski definition) is 1. The molecular formula is C12H25B4NO3. The summed E-state index contributed by atoms with van der Waals surface area (Å²) in [4.78, 5) is 14.1. The fraction of sp³-hybridized carbons (Fsp3) is 0.917. The van der Waals surface area contributed by atoms with Crippen LogP contribution >= 0.6 is 0 Å². The Balaban J connectivity index is 2.15. The zero-order valence-corrected chi connectivity index (χ0v) is 13.9. The predicted octanol–water partition coefficient (Wildman–Crippen LogP) is -2.39. The standard InChI is InChI=1S/C12H25B4NO3/c1-10(2,3)20-9(19)17-4-6-7(5-17)12(15,16)8(18)11(6,13)14/h6-8,18H,4-5,13-16H2,1-3H3/t6-,7+,8-. The van der Waals surface area contributed by atoms with Crippen molar-refractivity contribution in [1.29, 1.82) is 0 Å². The summed E-state index contributed by atoms with van der Waals surface area (Å²) in [5, 5.41) is 10.2. The molecule has 1 saturated heterocycles. The van der Waals surface area contributed by atoms with Gasteiger partial charge in [-0.1, -0.05) is 10.4 Å². The zero-order valence-electron chi connectivity index (χ0n) is 13.9. The maximum Gasteiger partial charge on any atom is 0.410 e. The monoisotopic (exact) mass is 275 g/mol. The van der Waals surface area contributed by atoms with Crippen LogP contribution in [0.1, 0.15) is 20.8 Å². The molecule has 3 atom stereocenters. The molecule has 0 spiro atoms. The summed E-state index contributed by atoms with van der Waals surface area (Å²) in [7, 11) is 8.46. The molecule has 1 heterocycles. The zero-order chi connectivity index (χ0) is 15.5. The summed E-state index contributed by atoms with van der Waals surface area (Å²) in [6.45, 7) is 7.04. The highest BCUT2D eigenvalue weighted by atomic mass is 16.6. The van der Waals surface area contributed by atoms with Crippen molar-refractivity contribution >= 4 is 37.5 Å². The van der Waals surface area contributed by atoms with E-state index in [0.29, 0.717) is 24.9 Å². The molecule has 0 aromatic rings. The van der Waals surface area contributed by atoms with Gasteiger partial charge in [-0.15, -0.1) is 0 Å². The molecule has 0 bridgehead atoms. The van der Waals surface area contributed by atoms with Crippen LogP contribution in [0.2, 0.25) is 10.4 Å². The average Bonchev–Trinajstić information content (AvgIpc) is 2.75. The molecule has 20 heavy (non-hydrogen) atoms. The molecule has 1 saturated carbocycles. The number of hydrogen-bond acceptors (Lipinski definition) is 3. The molecule has 8 heteroatoms. The van der Waals surface area contributed by atoms with Crippen LogP contribution in [-0.2, 0) is 4.74 Å². The molecule has 1 amide bonds. The molecule has 1 aliphatic heterocycles. The van der Waals surface area contributed by atoms with E-state index in [4.69, 9.17) is 4.74 Å². The number of rotatable bonds is 0. The van der Waals surface area contributed by atoms with Crippen molar-refractivity contribution in [3.63, 3.8) is 0 Å². The van der Waals surface area contributed by atoms with Crippen molar-refractivity contribution in [3.05, 3.63) is 0 Å². The molecule has 2 aliphatic rings. The van der Waals surface area contributed by atoms with Gasteiger partial charge >= 0.3 is 6.09 Å². The van der Waals surface area contributed by atoms with Crippen molar-refractivity contribution in [2.24, 2.45) is 11.8 Å². The summed E-state index contributed by atoms with van der Waals surface area (Å²) < 4.78 is 5.47. The normalized spacial score (nSPS) is 34.8. The molecule has 2 fully saturated rings. The van der Waals surface area contributed by atoms with Crippen LogP contribution < -0.4 is 0 Å². The Kier molecular flexibility index (Phi) is 3.56. The Morgan fingerprint density at radius 1 is 1.15 bits per heavy atom. The maximum absolute atomic E-state index is 12.2. The third-order valence-electron chi connectivity index (χ3n) is 5.29. The van der Waals surface area contributed by atoms with Crippen molar-refractivity contribution in [1.82, 2.24) is 4.90 Å². The molecule has 1 aliphatic carbocycles. The van der Waals surface area contributed by atoms with Gasteiger partial charge in [0.1, 0.15) is 37.0 Å². The van der Waals surface area contributed by atoms with Crippen molar-refractivity contribution in [2.45, 2.75) is 42.9 Å². The summed E-state index contributed by atoms with van der Waals surface area (Å²) in [6.07, 6.45) is -0.557. The highest BCUT2D eigenvalue weighted by Gasteiger charge is 2.61. The summed E-state index contributed by atoms with van der Waals surface area (Å²) in [6, 6.07) is 0. The van der Waals surface area contributed by atoms with Gasteiger partial charge in [0.15, 0.2) is 0 Å². The lowest BCUT2D eigenvalue weighted by atomic mass is 9.43. The van der Waals surface area contributed by atoms with Crippen molar-refractivity contribution < 1.29 is 14.6 Å². The van der Waals surface area contributed by atoms with Crippen LogP contribution in [0.4, 0.5) is 4.79 Å². The Morgan fingerprint density at radius 3 is 1.90 bits per heavy atom. The molecule has 0 aromatic carbocycles. The van der Waals surface area contributed by atoms with Gasteiger partial charge in [-0.25, -0.2) is 4.79 Å². The minimum absolute atomic E-state index is 0.162. The van der Waals surface area contributed by atoms with E-state index in [9.17, 15) is 9.90 Å². The number of carbonyl (C=O) groups excluding carboxylic acids is 1. The summed E-state index contributed by atoms with van der Waals surface area (Å²) >= 11 is 0. The first-order valence-corrected chi connectivity index (χ1v) is 7.53. The first-order chi connectivity index (χ1) is 8.87. The second-order valence-electron chi connectivity index (χ2n) is 8.64. The topological polar surface area (TPSA) is 49.8 Å². The van der Waals surface area contributed by atoms with E-state index in [0.717, 1.165) is 0 Å². The van der Waals surface area contributed by atoms with Crippen LogP contribution in [0.3, 0.4) is 0 Å². The highest BCUT2D eigenvalue weighted by molar-refractivity contribution is 6.47. The van der Waals surface area contributed by atoms with E-state index in [-0.39, 0.29) is 22.6 Å². The van der Waals surface area contributed by atoms with E-state index in [1.54, 1.807) is 0 Å². The molecule has 108 valence electrons. The van der Waals surface area contributed by atoms with E-state index in [2.05, 4.69) is 31.4 Å². The van der Waals surface area contributed by atoms with Crippen LogP contribution in [0.15, 0.2) is 0 Å². The number of aliphatic hydroxyl groups is 1. The van der Waals surface area contributed by atoms with Crippen LogP contribution in [0, 0.1) is 11.8 Å². The minimum atomic E-state index is -0.459. The molecule has 0 aromatic heterocycles. The van der Waals surface area contributed by atoms with E-state index in [1.165, 1.54) is 0 Å². The number of ether oxygens (including phenoxy) is 1. The third-order valence-corrected chi connectivity index (χ3v) is 5.29. The number of carbonyl (C=O) groups is 1. The third kappa shape index (κ3) is 2.40. The van der Waals surface area contributed by atoms with Crippen molar-refractivity contribution in [2.75, 3.05) is 13.1 Å². The van der Waals surface area contributed by atoms with Gasteiger partial charge in [-0.3, -0.25) is 0 Å². The SMILES string of the molecule is BC1(B)[C@@H](O)C(B)(B)[C@H]2CN(C(=O)OC(C)(C)C)C[C@H]21. The van der Waals surface area contributed by atoms with Crippen LogP contribution in [-0.4, -0.2) is 72.3 Å². The Hall–Kier alpha value is -0.510. The summed E-state index contributed by atoms with van der Waals surface area (Å²) in [5.74, 6) is 0.667. The molecule has 0 radical (unpaired) electrons. The van der Waals surface area contributed by atoms with Crippen molar-refractivity contribution in [3.8, 4) is 0 Å². The van der Waals surface area contributed by atoms with E-state index >= 15 is 0 Å². The lowest BCUT2D eigenvalue weighted by molar-refractivity contribution is 0.0263. The van der Waals surface area contributed by atoms with Gasteiger partial charge in [-0.2, -0.15) is 0 Å². The number of nitrogens with zero attached hydrogens (tertiary/aromatic N) is 1. The molecule has 4 nitrogen and oxygen atoms in total. The number of aliphatic hydroxyl groups excluding tert-OH is 1. The Bertz CT molecular complexity index is 397. The van der Waals surface area contributed by atoms with E-state index < -0.39 is 5.60 Å². The second-order valence-corrected chi connectivity index (χ2v) is 8.64. The van der Waals surface area contributed by atoms with Gasteiger partial charge in [-0.05, 0) is 32.6 Å². The molecule has 0 unspecified atom stereocenters. The first-order valence-electron chi connectivity index (χ1n) is 7.53. The highest BCUT2D eigenvalue weighted by Crippen LogP contribution is 2.61. The molecule has 1 N–H and O–H groups in total. The average molecular weight is 275 g/mol. The fourth-order valence-corrected chi connectivity index (χ4v) is 4.15. The van der Waals surface area contributed by atoms with Gasteiger partial charge in [0.25, 0.3) is 0 Å². The number of amides is 1. The number of likely N-dealkylation sites (tertiary alicyclic amines) is 1. The summed E-state index contributed by atoms with van der Waals surface area (Å²) in [5.41, 5.74) is -0.459. The second kappa shape index (κ2) is 4.49. The van der Waals surface area contributed by atoms with E-state index in [1.807, 2.05) is 25.7 Å². The maximum atomic E-state index is 12.2. The van der Waals surface area contributed by atoms with Gasteiger partial charge in [0.2, 0.25) is 0 Å². The lowest BCUT2D eigenvalue weighted by Gasteiger charge is -2.36.